The molecular formula is C11H22N4O4. The molecule has 3 atom stereocenters. The second-order valence-electron chi connectivity index (χ2n) is 4.74. The van der Waals surface area contributed by atoms with E-state index < -0.39 is 18.0 Å². The van der Waals surface area contributed by atoms with Crippen LogP contribution >= 0.6 is 0 Å². The minimum atomic E-state index is -0.776. The molecule has 8 nitrogen and oxygen atoms in total. The van der Waals surface area contributed by atoms with Crippen LogP contribution in [0.5, 0.6) is 0 Å². The molecule has 3 unspecified atom stereocenters. The van der Waals surface area contributed by atoms with Crippen molar-refractivity contribution >= 4 is 11.9 Å². The summed E-state index contributed by atoms with van der Waals surface area (Å²) in [5, 5.41) is 25.8. The number of carbonyl (C=O) groups is 2. The average molecular weight is 274 g/mol. The SMILES string of the molecule is NC1CNCC(C(=O)O)C1.O=C(O)C1CNCCN1. The third-order valence-corrected chi connectivity index (χ3v) is 3.07. The minimum absolute atomic E-state index is 0.00912. The Bertz CT molecular complexity index is 307. The van der Waals surface area contributed by atoms with Crippen molar-refractivity contribution in [3.63, 3.8) is 0 Å². The second kappa shape index (κ2) is 8.05. The molecule has 0 radical (unpaired) electrons. The molecule has 0 amide bonds. The number of hydrogen-bond acceptors (Lipinski definition) is 6. The Hall–Kier alpha value is -1.22. The van der Waals surface area contributed by atoms with Crippen LogP contribution in [0.15, 0.2) is 0 Å². The molecule has 7 N–H and O–H groups in total. The van der Waals surface area contributed by atoms with Gasteiger partial charge in [0.15, 0.2) is 0 Å². The summed E-state index contributed by atoms with van der Waals surface area (Å²) in [4.78, 5) is 20.7. The maximum absolute atomic E-state index is 10.4. The van der Waals surface area contributed by atoms with Crippen LogP contribution in [0.3, 0.4) is 0 Å². The van der Waals surface area contributed by atoms with Crippen LogP contribution in [0.25, 0.3) is 0 Å². The monoisotopic (exact) mass is 274 g/mol. The number of hydrogen-bond donors (Lipinski definition) is 6. The Morgan fingerprint density at radius 3 is 2.11 bits per heavy atom. The molecule has 0 bridgehead atoms. The van der Waals surface area contributed by atoms with E-state index in [9.17, 15) is 9.59 Å². The topological polar surface area (TPSA) is 137 Å². The molecular weight excluding hydrogens is 252 g/mol. The van der Waals surface area contributed by atoms with Gasteiger partial charge in [0.2, 0.25) is 0 Å². The summed E-state index contributed by atoms with van der Waals surface area (Å²) >= 11 is 0. The number of carboxylic acid groups (broad SMARTS) is 2. The van der Waals surface area contributed by atoms with Gasteiger partial charge in [-0.1, -0.05) is 0 Å². The zero-order valence-electron chi connectivity index (χ0n) is 10.8. The number of piperazine rings is 1. The summed E-state index contributed by atoms with van der Waals surface area (Å²) in [5.41, 5.74) is 5.54. The molecule has 0 saturated carbocycles. The van der Waals surface area contributed by atoms with Crippen LogP contribution in [0.1, 0.15) is 6.42 Å². The van der Waals surface area contributed by atoms with Crippen molar-refractivity contribution in [1.29, 1.82) is 0 Å². The van der Waals surface area contributed by atoms with E-state index in [2.05, 4.69) is 16.0 Å². The standard InChI is InChI=1S/C6H12N2O2.C5H10N2O2/c7-5-1-4(6(9)10)2-8-3-5;8-5(9)4-3-6-1-2-7-4/h4-5,8H,1-3,7H2,(H,9,10);4,6-7H,1-3H2,(H,8,9). The van der Waals surface area contributed by atoms with Gasteiger partial charge in [-0.15, -0.1) is 0 Å². The molecule has 8 heteroatoms. The first-order chi connectivity index (χ1) is 9.00. The summed E-state index contributed by atoms with van der Waals surface area (Å²) < 4.78 is 0. The highest BCUT2D eigenvalue weighted by Gasteiger charge is 2.24. The van der Waals surface area contributed by atoms with Gasteiger partial charge in [-0.05, 0) is 6.42 Å². The Morgan fingerprint density at radius 2 is 1.74 bits per heavy atom. The van der Waals surface area contributed by atoms with Gasteiger partial charge >= 0.3 is 11.9 Å². The van der Waals surface area contributed by atoms with Gasteiger partial charge in [0.25, 0.3) is 0 Å². The number of aliphatic carboxylic acids is 2. The molecule has 2 heterocycles. The molecule has 110 valence electrons. The van der Waals surface area contributed by atoms with E-state index >= 15 is 0 Å². The van der Waals surface area contributed by atoms with E-state index in [1.54, 1.807) is 0 Å². The van der Waals surface area contributed by atoms with Crippen molar-refractivity contribution in [2.45, 2.75) is 18.5 Å². The fourth-order valence-electron chi connectivity index (χ4n) is 1.99. The quantitative estimate of drug-likeness (QED) is 0.329. The highest BCUT2D eigenvalue weighted by molar-refractivity contribution is 5.73. The summed E-state index contributed by atoms with van der Waals surface area (Å²) in [6.45, 7) is 3.45. The lowest BCUT2D eigenvalue weighted by Crippen LogP contribution is -2.52. The molecule has 0 aliphatic carbocycles. The maximum Gasteiger partial charge on any atom is 0.322 e. The van der Waals surface area contributed by atoms with E-state index in [0.29, 0.717) is 19.5 Å². The lowest BCUT2D eigenvalue weighted by Gasteiger charge is -2.24. The van der Waals surface area contributed by atoms with Crippen LogP contribution in [0, 0.1) is 5.92 Å². The zero-order valence-corrected chi connectivity index (χ0v) is 10.8. The predicted molar refractivity (Wildman–Crippen MR) is 68.9 cm³/mol. The molecule has 0 aromatic carbocycles. The smallest absolute Gasteiger partial charge is 0.322 e. The molecule has 2 fully saturated rings. The highest BCUT2D eigenvalue weighted by atomic mass is 16.4. The van der Waals surface area contributed by atoms with Gasteiger partial charge in [0, 0.05) is 38.8 Å². The van der Waals surface area contributed by atoms with Crippen LogP contribution in [-0.2, 0) is 9.59 Å². The molecule has 2 aliphatic heterocycles. The van der Waals surface area contributed by atoms with Crippen LogP contribution in [0.4, 0.5) is 0 Å². The number of nitrogens with one attached hydrogen (secondary N) is 3. The van der Waals surface area contributed by atoms with Gasteiger partial charge in [0.05, 0.1) is 5.92 Å². The molecule has 0 spiro atoms. The largest absolute Gasteiger partial charge is 0.481 e. The number of carboxylic acids is 2. The second-order valence-corrected chi connectivity index (χ2v) is 4.74. The third kappa shape index (κ3) is 5.97. The first kappa shape index (κ1) is 15.8. The minimum Gasteiger partial charge on any atom is -0.481 e. The van der Waals surface area contributed by atoms with E-state index in [1.807, 2.05) is 0 Å². The summed E-state index contributed by atoms with van der Waals surface area (Å²) in [7, 11) is 0. The predicted octanol–water partition coefficient (Wildman–Crippen LogP) is -2.36. The van der Waals surface area contributed by atoms with Crippen LogP contribution < -0.4 is 21.7 Å². The van der Waals surface area contributed by atoms with Crippen LogP contribution in [0.2, 0.25) is 0 Å². The highest BCUT2D eigenvalue weighted by Crippen LogP contribution is 2.08. The average Bonchev–Trinajstić information content (AvgIpc) is 2.40. The Kier molecular flexibility index (Phi) is 6.71. The summed E-state index contributed by atoms with van der Waals surface area (Å²) in [5.74, 6) is -1.81. The van der Waals surface area contributed by atoms with Crippen molar-refractivity contribution in [3.05, 3.63) is 0 Å². The Labute approximate surface area is 111 Å². The van der Waals surface area contributed by atoms with E-state index in [4.69, 9.17) is 15.9 Å². The van der Waals surface area contributed by atoms with Crippen molar-refractivity contribution in [2.75, 3.05) is 32.7 Å². The van der Waals surface area contributed by atoms with Crippen LogP contribution in [-0.4, -0.2) is 67.0 Å². The van der Waals surface area contributed by atoms with E-state index in [0.717, 1.165) is 19.6 Å². The van der Waals surface area contributed by atoms with Crippen molar-refractivity contribution in [2.24, 2.45) is 11.7 Å². The van der Waals surface area contributed by atoms with Gasteiger partial charge in [-0.3, -0.25) is 9.59 Å². The first-order valence-electron chi connectivity index (χ1n) is 6.36. The normalized spacial score (nSPS) is 30.9. The maximum atomic E-state index is 10.4. The fraction of sp³-hybridized carbons (Fsp3) is 0.818. The number of nitrogens with two attached hydrogens (primary N) is 1. The molecule has 2 aliphatic rings. The summed E-state index contributed by atoms with van der Waals surface area (Å²) in [6.07, 6.45) is 0.600. The molecule has 2 rings (SSSR count). The Balaban J connectivity index is 0.000000191. The first-order valence-corrected chi connectivity index (χ1v) is 6.36. The van der Waals surface area contributed by atoms with Crippen molar-refractivity contribution in [3.8, 4) is 0 Å². The Morgan fingerprint density at radius 1 is 1.00 bits per heavy atom. The third-order valence-electron chi connectivity index (χ3n) is 3.07. The van der Waals surface area contributed by atoms with E-state index in [-0.39, 0.29) is 12.0 Å². The molecule has 0 aromatic rings. The molecule has 0 aromatic heterocycles. The lowest BCUT2D eigenvalue weighted by molar-refractivity contribution is -0.142. The fourth-order valence-corrected chi connectivity index (χ4v) is 1.99. The lowest BCUT2D eigenvalue weighted by atomic mass is 9.97. The number of rotatable bonds is 2. The summed E-state index contributed by atoms with van der Waals surface area (Å²) in [6, 6.07) is -0.381. The molecule has 19 heavy (non-hydrogen) atoms. The zero-order chi connectivity index (χ0) is 14.3. The van der Waals surface area contributed by atoms with Gasteiger partial charge in [-0.2, -0.15) is 0 Å². The van der Waals surface area contributed by atoms with Crippen molar-refractivity contribution in [1.82, 2.24) is 16.0 Å². The van der Waals surface area contributed by atoms with Gasteiger partial charge in [0.1, 0.15) is 6.04 Å². The van der Waals surface area contributed by atoms with Gasteiger partial charge < -0.3 is 31.9 Å². The van der Waals surface area contributed by atoms with Crippen molar-refractivity contribution < 1.29 is 19.8 Å². The van der Waals surface area contributed by atoms with Gasteiger partial charge in [-0.25, -0.2) is 0 Å². The molecule has 2 saturated heterocycles. The number of piperidine rings is 1. The van der Waals surface area contributed by atoms with E-state index in [1.165, 1.54) is 0 Å².